The Balaban J connectivity index is 1.81. The lowest BCUT2D eigenvalue weighted by molar-refractivity contribution is -0.131. The van der Waals surface area contributed by atoms with Crippen molar-refractivity contribution < 1.29 is 14.3 Å². The topological polar surface area (TPSA) is 46.6 Å². The van der Waals surface area contributed by atoms with E-state index in [1.165, 1.54) is 12.5 Å². The highest BCUT2D eigenvalue weighted by atomic mass is 32.1. The summed E-state index contributed by atoms with van der Waals surface area (Å²) < 4.78 is 5.36. The van der Waals surface area contributed by atoms with E-state index >= 15 is 0 Å². The average Bonchev–Trinajstić information content (AvgIpc) is 3.25. The molecule has 1 amide bonds. The molecule has 126 valence electrons. The van der Waals surface area contributed by atoms with Crippen LogP contribution in [0.3, 0.4) is 0 Å². The molecule has 0 N–H and O–H groups in total. The highest BCUT2D eigenvalue weighted by molar-refractivity contribution is 7.08. The number of methoxy groups -OCH3 is 1. The molecule has 24 heavy (non-hydrogen) atoms. The molecular formula is C19H21NO3S. The first kappa shape index (κ1) is 16.7. The zero-order valence-electron chi connectivity index (χ0n) is 14.0. The van der Waals surface area contributed by atoms with Gasteiger partial charge in [-0.1, -0.05) is 0 Å². The second kappa shape index (κ2) is 7.18. The number of rotatable bonds is 5. The SMILES string of the molecule is COc1ccc(C(C)=O)cc1CC(=O)N1CCC[C@H]1c1ccsc1. The number of amides is 1. The van der Waals surface area contributed by atoms with Crippen LogP contribution in [0.2, 0.25) is 0 Å². The maximum absolute atomic E-state index is 12.9. The monoisotopic (exact) mass is 343 g/mol. The molecule has 4 nitrogen and oxygen atoms in total. The molecule has 1 fully saturated rings. The summed E-state index contributed by atoms with van der Waals surface area (Å²) in [5.41, 5.74) is 2.59. The third-order valence-electron chi connectivity index (χ3n) is 4.53. The lowest BCUT2D eigenvalue weighted by atomic mass is 10.0. The highest BCUT2D eigenvalue weighted by Crippen LogP contribution is 2.34. The first-order valence-electron chi connectivity index (χ1n) is 8.09. The predicted molar refractivity (Wildman–Crippen MR) is 94.7 cm³/mol. The smallest absolute Gasteiger partial charge is 0.227 e. The molecule has 0 radical (unpaired) electrons. The van der Waals surface area contributed by atoms with Crippen molar-refractivity contribution in [2.75, 3.05) is 13.7 Å². The molecule has 1 aliphatic heterocycles. The van der Waals surface area contributed by atoms with E-state index in [4.69, 9.17) is 4.74 Å². The van der Waals surface area contributed by atoms with Gasteiger partial charge in [0, 0.05) is 17.7 Å². The third kappa shape index (κ3) is 3.36. The Morgan fingerprint density at radius 1 is 1.33 bits per heavy atom. The van der Waals surface area contributed by atoms with Crippen molar-refractivity contribution in [3.05, 3.63) is 51.7 Å². The number of benzene rings is 1. The van der Waals surface area contributed by atoms with Gasteiger partial charge in [0.1, 0.15) is 5.75 Å². The predicted octanol–water partition coefficient (Wildman–Crippen LogP) is 3.87. The van der Waals surface area contributed by atoms with Gasteiger partial charge in [-0.15, -0.1) is 0 Å². The molecule has 0 unspecified atom stereocenters. The van der Waals surface area contributed by atoms with E-state index in [1.54, 1.807) is 36.6 Å². The number of ether oxygens (including phenoxy) is 1. The molecule has 1 aromatic heterocycles. The molecular weight excluding hydrogens is 322 g/mol. The third-order valence-corrected chi connectivity index (χ3v) is 5.23. The van der Waals surface area contributed by atoms with Crippen LogP contribution in [0.25, 0.3) is 0 Å². The fraction of sp³-hybridized carbons (Fsp3) is 0.368. The number of nitrogens with zero attached hydrogens (tertiary/aromatic N) is 1. The van der Waals surface area contributed by atoms with Crippen molar-refractivity contribution in [2.45, 2.75) is 32.2 Å². The molecule has 2 heterocycles. The summed E-state index contributed by atoms with van der Waals surface area (Å²) in [6.07, 6.45) is 2.29. The largest absolute Gasteiger partial charge is 0.496 e. The molecule has 3 rings (SSSR count). The standard InChI is InChI=1S/C19H21NO3S/c1-13(21)14-5-6-18(23-2)16(10-14)11-19(22)20-8-3-4-17(20)15-7-9-24-12-15/h5-7,9-10,12,17H,3-4,8,11H2,1-2H3/t17-/m0/s1. The maximum Gasteiger partial charge on any atom is 0.227 e. The van der Waals surface area contributed by atoms with Gasteiger partial charge in [0.2, 0.25) is 5.91 Å². The van der Waals surface area contributed by atoms with E-state index < -0.39 is 0 Å². The van der Waals surface area contributed by atoms with Gasteiger partial charge in [-0.25, -0.2) is 0 Å². The van der Waals surface area contributed by atoms with E-state index in [0.29, 0.717) is 11.3 Å². The van der Waals surface area contributed by atoms with Crippen LogP contribution in [0.4, 0.5) is 0 Å². The Labute approximate surface area is 146 Å². The molecule has 0 bridgehead atoms. The Hall–Kier alpha value is -2.14. The number of ketones is 1. The van der Waals surface area contributed by atoms with Crippen LogP contribution in [-0.2, 0) is 11.2 Å². The Bertz CT molecular complexity index is 739. The van der Waals surface area contributed by atoms with Crippen molar-refractivity contribution in [1.82, 2.24) is 4.90 Å². The summed E-state index contributed by atoms with van der Waals surface area (Å²) in [7, 11) is 1.58. The number of Topliss-reactive ketones (excluding diaryl/α,β-unsaturated/α-hetero) is 1. The van der Waals surface area contributed by atoms with E-state index in [2.05, 4.69) is 16.8 Å². The number of hydrogen-bond donors (Lipinski definition) is 0. The number of carbonyl (C=O) groups is 2. The van der Waals surface area contributed by atoms with Crippen LogP contribution in [0.1, 0.15) is 47.3 Å². The van der Waals surface area contributed by atoms with Crippen molar-refractivity contribution in [3.63, 3.8) is 0 Å². The molecule has 1 aliphatic rings. The summed E-state index contributed by atoms with van der Waals surface area (Å²) >= 11 is 1.66. The van der Waals surface area contributed by atoms with Gasteiger partial charge in [0.15, 0.2) is 5.78 Å². The number of likely N-dealkylation sites (tertiary alicyclic amines) is 1. The first-order valence-corrected chi connectivity index (χ1v) is 9.04. The van der Waals surface area contributed by atoms with Crippen LogP contribution in [0, 0.1) is 0 Å². The molecule has 0 aliphatic carbocycles. The van der Waals surface area contributed by atoms with Crippen LogP contribution in [0.15, 0.2) is 35.0 Å². The summed E-state index contributed by atoms with van der Waals surface area (Å²) in [6.45, 7) is 2.31. The van der Waals surface area contributed by atoms with Gasteiger partial charge in [-0.05, 0) is 60.4 Å². The minimum atomic E-state index is -0.0105. The Morgan fingerprint density at radius 2 is 2.17 bits per heavy atom. The van der Waals surface area contributed by atoms with Gasteiger partial charge < -0.3 is 9.64 Å². The van der Waals surface area contributed by atoms with Gasteiger partial charge in [0.05, 0.1) is 19.6 Å². The highest BCUT2D eigenvalue weighted by Gasteiger charge is 2.30. The quantitative estimate of drug-likeness (QED) is 0.774. The number of hydrogen-bond acceptors (Lipinski definition) is 4. The van der Waals surface area contributed by atoms with E-state index in [0.717, 1.165) is 24.9 Å². The Morgan fingerprint density at radius 3 is 2.83 bits per heavy atom. The fourth-order valence-corrected chi connectivity index (χ4v) is 3.98. The van der Waals surface area contributed by atoms with Gasteiger partial charge in [-0.3, -0.25) is 9.59 Å². The van der Waals surface area contributed by atoms with Crippen LogP contribution < -0.4 is 4.74 Å². The number of carbonyl (C=O) groups excluding carboxylic acids is 2. The summed E-state index contributed by atoms with van der Waals surface area (Å²) in [4.78, 5) is 26.4. The first-order chi connectivity index (χ1) is 11.6. The van der Waals surface area contributed by atoms with Crippen LogP contribution >= 0.6 is 11.3 Å². The molecule has 1 saturated heterocycles. The maximum atomic E-state index is 12.9. The van der Waals surface area contributed by atoms with Gasteiger partial charge in [-0.2, -0.15) is 11.3 Å². The second-order valence-electron chi connectivity index (χ2n) is 6.06. The minimum Gasteiger partial charge on any atom is -0.496 e. The normalized spacial score (nSPS) is 17.1. The van der Waals surface area contributed by atoms with Crippen molar-refractivity contribution in [2.24, 2.45) is 0 Å². The van der Waals surface area contributed by atoms with Crippen molar-refractivity contribution in [1.29, 1.82) is 0 Å². The zero-order chi connectivity index (χ0) is 17.1. The van der Waals surface area contributed by atoms with Crippen LogP contribution in [-0.4, -0.2) is 30.2 Å². The summed E-state index contributed by atoms with van der Waals surface area (Å²) in [5.74, 6) is 0.728. The summed E-state index contributed by atoms with van der Waals surface area (Å²) in [5, 5.41) is 4.17. The molecule has 5 heteroatoms. The van der Waals surface area contributed by atoms with Crippen molar-refractivity contribution >= 4 is 23.0 Å². The van der Waals surface area contributed by atoms with Crippen LogP contribution in [0.5, 0.6) is 5.75 Å². The summed E-state index contributed by atoms with van der Waals surface area (Å²) in [6, 6.07) is 7.54. The average molecular weight is 343 g/mol. The van der Waals surface area contributed by atoms with E-state index in [9.17, 15) is 9.59 Å². The molecule has 1 atom stereocenters. The van der Waals surface area contributed by atoms with E-state index in [1.807, 2.05) is 4.90 Å². The number of thiophene rings is 1. The van der Waals surface area contributed by atoms with Gasteiger partial charge in [0.25, 0.3) is 0 Å². The lowest BCUT2D eigenvalue weighted by Gasteiger charge is -2.24. The fourth-order valence-electron chi connectivity index (χ4n) is 3.28. The van der Waals surface area contributed by atoms with E-state index in [-0.39, 0.29) is 24.2 Å². The van der Waals surface area contributed by atoms with Crippen molar-refractivity contribution in [3.8, 4) is 5.75 Å². The Kier molecular flexibility index (Phi) is 5.00. The minimum absolute atomic E-state index is 0.0105. The second-order valence-corrected chi connectivity index (χ2v) is 6.84. The molecule has 0 spiro atoms. The zero-order valence-corrected chi connectivity index (χ0v) is 14.8. The molecule has 0 saturated carbocycles. The molecule has 2 aromatic rings. The molecule has 1 aromatic carbocycles. The lowest BCUT2D eigenvalue weighted by Crippen LogP contribution is -2.31. The van der Waals surface area contributed by atoms with Gasteiger partial charge >= 0.3 is 0 Å².